The molecular formula is C7H11BN2O2. The Morgan fingerprint density at radius 3 is 3.00 bits per heavy atom. The number of nitrogens with zero attached hydrogens (tertiary/aromatic N) is 1. The summed E-state index contributed by atoms with van der Waals surface area (Å²) in [7, 11) is 5.57. The zero-order valence-corrected chi connectivity index (χ0v) is 6.73. The van der Waals surface area contributed by atoms with Gasteiger partial charge in [-0.05, 0) is 0 Å². The lowest BCUT2D eigenvalue weighted by Crippen LogP contribution is -2.45. The van der Waals surface area contributed by atoms with Crippen molar-refractivity contribution in [3.05, 3.63) is 11.7 Å². The van der Waals surface area contributed by atoms with Crippen LogP contribution in [0.2, 0.25) is 0 Å². The average Bonchev–Trinajstić information content (AvgIpc) is 2.58. The third-order valence-corrected chi connectivity index (χ3v) is 2.15. The van der Waals surface area contributed by atoms with Crippen LogP contribution in [-0.2, 0) is 4.74 Å². The van der Waals surface area contributed by atoms with Crippen molar-refractivity contribution in [2.45, 2.75) is 12.1 Å². The minimum absolute atomic E-state index is 0.00560. The average molecular weight is 166 g/mol. The second-order valence-corrected chi connectivity index (χ2v) is 3.12. The van der Waals surface area contributed by atoms with E-state index in [9.17, 15) is 5.11 Å². The minimum atomic E-state index is -0.417. The van der Waals surface area contributed by atoms with Crippen LogP contribution >= 0.6 is 0 Å². The van der Waals surface area contributed by atoms with E-state index in [1.54, 1.807) is 0 Å². The van der Waals surface area contributed by atoms with Gasteiger partial charge in [-0.15, -0.1) is 0 Å². The van der Waals surface area contributed by atoms with Gasteiger partial charge in [0.25, 0.3) is 0 Å². The first-order valence-electron chi connectivity index (χ1n) is 4.01. The molecule has 2 radical (unpaired) electrons. The van der Waals surface area contributed by atoms with Crippen LogP contribution in [0.5, 0.6) is 0 Å². The van der Waals surface area contributed by atoms with Gasteiger partial charge in [-0.1, -0.05) is 5.47 Å². The summed E-state index contributed by atoms with van der Waals surface area (Å²) in [5.74, 6) is 0. The Labute approximate surface area is 72.6 Å². The molecule has 1 saturated heterocycles. The summed E-state index contributed by atoms with van der Waals surface area (Å²) in [4.78, 5) is 0. The monoisotopic (exact) mass is 166 g/mol. The summed E-state index contributed by atoms with van der Waals surface area (Å²) in [5, 5.41) is 11.3. The maximum atomic E-state index is 9.46. The van der Waals surface area contributed by atoms with E-state index in [0.717, 1.165) is 5.47 Å². The van der Waals surface area contributed by atoms with Crippen molar-refractivity contribution in [1.82, 2.24) is 10.4 Å². The van der Waals surface area contributed by atoms with Crippen LogP contribution in [-0.4, -0.2) is 49.9 Å². The third-order valence-electron chi connectivity index (χ3n) is 2.15. The van der Waals surface area contributed by atoms with Crippen LogP contribution in [0.15, 0.2) is 11.7 Å². The van der Waals surface area contributed by atoms with Crippen molar-refractivity contribution in [2.24, 2.45) is 0 Å². The van der Waals surface area contributed by atoms with Gasteiger partial charge in [-0.25, -0.2) is 5.43 Å². The number of aliphatic hydroxyl groups excluding tert-OH is 1. The highest BCUT2D eigenvalue weighted by Crippen LogP contribution is 2.14. The summed E-state index contributed by atoms with van der Waals surface area (Å²) in [6, 6.07) is 0.00560. The molecule has 2 aliphatic rings. The molecule has 2 aliphatic heterocycles. The summed E-state index contributed by atoms with van der Waals surface area (Å²) in [6.07, 6.45) is 1.39. The first-order chi connectivity index (χ1) is 5.77. The van der Waals surface area contributed by atoms with Gasteiger partial charge in [0.05, 0.1) is 19.3 Å². The lowest BCUT2D eigenvalue weighted by molar-refractivity contribution is 0.0898. The molecule has 0 aromatic carbocycles. The molecule has 0 aliphatic carbocycles. The minimum Gasteiger partial charge on any atom is -0.388 e. The van der Waals surface area contributed by atoms with Crippen LogP contribution in [0, 0.1) is 0 Å². The fourth-order valence-electron chi connectivity index (χ4n) is 1.46. The van der Waals surface area contributed by atoms with Gasteiger partial charge in [0.1, 0.15) is 14.0 Å². The van der Waals surface area contributed by atoms with Crippen molar-refractivity contribution in [1.29, 1.82) is 0 Å². The molecule has 0 aromatic heterocycles. The van der Waals surface area contributed by atoms with Gasteiger partial charge in [0.15, 0.2) is 0 Å². The van der Waals surface area contributed by atoms with Gasteiger partial charge < -0.3 is 14.9 Å². The van der Waals surface area contributed by atoms with Crippen molar-refractivity contribution in [3.63, 3.8) is 0 Å². The first kappa shape index (κ1) is 8.10. The van der Waals surface area contributed by atoms with Gasteiger partial charge in [0, 0.05) is 12.7 Å². The molecule has 2 N–H and O–H groups in total. The molecule has 0 spiro atoms. The Morgan fingerprint density at radius 2 is 2.50 bits per heavy atom. The molecule has 2 atom stereocenters. The maximum absolute atomic E-state index is 9.46. The lowest BCUT2D eigenvalue weighted by Gasteiger charge is -2.24. The number of ether oxygens (including phenoxy) is 1. The summed E-state index contributed by atoms with van der Waals surface area (Å²) >= 11 is 0. The molecule has 1 fully saturated rings. The zero-order valence-electron chi connectivity index (χ0n) is 6.73. The van der Waals surface area contributed by atoms with Crippen LogP contribution in [0.25, 0.3) is 0 Å². The molecule has 0 bridgehead atoms. The number of hydrogen-bond donors (Lipinski definition) is 2. The van der Waals surface area contributed by atoms with E-state index in [4.69, 9.17) is 12.6 Å². The van der Waals surface area contributed by atoms with Crippen molar-refractivity contribution in [2.75, 3.05) is 19.8 Å². The van der Waals surface area contributed by atoms with E-state index < -0.39 is 6.10 Å². The Bertz CT molecular complexity index is 210. The Morgan fingerprint density at radius 1 is 1.67 bits per heavy atom. The second kappa shape index (κ2) is 3.09. The van der Waals surface area contributed by atoms with E-state index >= 15 is 0 Å². The number of hydrazine groups is 1. The van der Waals surface area contributed by atoms with E-state index in [1.807, 2.05) is 11.2 Å². The quantitative estimate of drug-likeness (QED) is 0.469. The van der Waals surface area contributed by atoms with Gasteiger partial charge in [-0.2, -0.15) is 0 Å². The molecule has 0 aromatic rings. The number of aliphatic hydroxyl groups is 1. The SMILES string of the molecule is [B]C1=CN(C2COCC2O)NC1. The fourth-order valence-corrected chi connectivity index (χ4v) is 1.46. The summed E-state index contributed by atoms with van der Waals surface area (Å²) in [5.41, 5.74) is 3.84. The molecule has 0 amide bonds. The van der Waals surface area contributed by atoms with Gasteiger partial charge >= 0.3 is 0 Å². The van der Waals surface area contributed by atoms with E-state index in [0.29, 0.717) is 19.8 Å². The molecule has 4 nitrogen and oxygen atoms in total. The molecule has 12 heavy (non-hydrogen) atoms. The predicted octanol–water partition coefficient (Wildman–Crippen LogP) is -1.42. The smallest absolute Gasteiger partial charge is 0.111 e. The number of rotatable bonds is 1. The largest absolute Gasteiger partial charge is 0.388 e. The number of hydrogen-bond acceptors (Lipinski definition) is 4. The van der Waals surface area contributed by atoms with Crippen molar-refractivity contribution < 1.29 is 9.84 Å². The van der Waals surface area contributed by atoms with E-state index in [1.165, 1.54) is 0 Å². The molecule has 2 unspecified atom stereocenters. The molecule has 2 rings (SSSR count). The Hall–Kier alpha value is -0.515. The third kappa shape index (κ3) is 1.35. The van der Waals surface area contributed by atoms with Crippen LogP contribution < -0.4 is 5.43 Å². The van der Waals surface area contributed by atoms with Gasteiger partial charge in [0.2, 0.25) is 0 Å². The first-order valence-corrected chi connectivity index (χ1v) is 4.01. The fraction of sp³-hybridized carbons (Fsp3) is 0.714. The van der Waals surface area contributed by atoms with E-state index in [2.05, 4.69) is 5.43 Å². The van der Waals surface area contributed by atoms with Crippen LogP contribution in [0.1, 0.15) is 0 Å². The van der Waals surface area contributed by atoms with E-state index in [-0.39, 0.29) is 6.04 Å². The summed E-state index contributed by atoms with van der Waals surface area (Å²) < 4.78 is 5.12. The Balaban J connectivity index is 2.00. The molecular weight excluding hydrogens is 155 g/mol. The molecule has 64 valence electrons. The second-order valence-electron chi connectivity index (χ2n) is 3.12. The molecule has 2 heterocycles. The highest BCUT2D eigenvalue weighted by atomic mass is 16.5. The lowest BCUT2D eigenvalue weighted by atomic mass is 9.98. The standard InChI is InChI=1S/C7H11BN2O2/c8-5-1-9-10(2-5)6-3-12-4-7(6)11/h2,6-7,9,11H,1,3-4H2. The van der Waals surface area contributed by atoms with Crippen molar-refractivity contribution >= 4 is 7.85 Å². The topological polar surface area (TPSA) is 44.7 Å². The number of nitrogens with one attached hydrogen (secondary N) is 1. The van der Waals surface area contributed by atoms with Crippen molar-refractivity contribution in [3.8, 4) is 0 Å². The molecule has 5 heteroatoms. The normalized spacial score (nSPS) is 35.8. The summed E-state index contributed by atoms with van der Waals surface area (Å²) in [6.45, 7) is 1.62. The van der Waals surface area contributed by atoms with Gasteiger partial charge in [-0.3, -0.25) is 0 Å². The Kier molecular flexibility index (Phi) is 2.08. The maximum Gasteiger partial charge on any atom is 0.111 e. The predicted molar refractivity (Wildman–Crippen MR) is 44.3 cm³/mol. The van der Waals surface area contributed by atoms with Crippen LogP contribution in [0.4, 0.5) is 0 Å². The van der Waals surface area contributed by atoms with Crippen LogP contribution in [0.3, 0.4) is 0 Å². The molecule has 0 saturated carbocycles. The highest BCUT2D eigenvalue weighted by Gasteiger charge is 2.31. The highest BCUT2D eigenvalue weighted by molar-refractivity contribution is 6.22. The zero-order chi connectivity index (χ0) is 8.55.